The maximum atomic E-state index is 13.3. The van der Waals surface area contributed by atoms with Crippen LogP contribution in [0.1, 0.15) is 47.5 Å². The van der Waals surface area contributed by atoms with Crippen LogP contribution in [0.5, 0.6) is 11.6 Å². The summed E-state index contributed by atoms with van der Waals surface area (Å²) in [4.78, 5) is 20.5. The second-order valence-electron chi connectivity index (χ2n) is 8.87. The monoisotopic (exact) mass is 610 g/mol. The molecule has 0 bridgehead atoms. The normalized spacial score (nSPS) is 16.0. The number of hydrogen-bond acceptors (Lipinski definition) is 9. The Kier molecular flexibility index (Phi) is 8.21. The van der Waals surface area contributed by atoms with Crippen molar-refractivity contribution in [1.29, 1.82) is 0 Å². The summed E-state index contributed by atoms with van der Waals surface area (Å²) in [5, 5.41) is 5.71. The standard InChI is InChI=1S/C23H20ClF5N4O6S/c1-12-8-14(9-16(24)18(12)39-40(35,36)23(27,28)29)19-32-21(38-33-19)20(34)31-11-13-2-3-17(30-10-13)37-15-4-6-22(25,26)7-5-15/h2-3,8-10,15H,4-7,11H2,1H3,(H,31,34). The largest absolute Gasteiger partial charge is 0.534 e. The molecule has 0 radical (unpaired) electrons. The summed E-state index contributed by atoms with van der Waals surface area (Å²) in [7, 11) is -5.95. The van der Waals surface area contributed by atoms with Gasteiger partial charge in [-0.05, 0) is 43.0 Å². The summed E-state index contributed by atoms with van der Waals surface area (Å²) >= 11 is 5.94. The van der Waals surface area contributed by atoms with Gasteiger partial charge in [0.1, 0.15) is 6.10 Å². The first-order valence-corrected chi connectivity index (χ1v) is 13.3. The number of ether oxygens (including phenoxy) is 1. The lowest BCUT2D eigenvalue weighted by atomic mass is 9.94. The molecule has 216 valence electrons. The van der Waals surface area contributed by atoms with Crippen molar-refractivity contribution in [2.24, 2.45) is 0 Å². The summed E-state index contributed by atoms with van der Waals surface area (Å²) in [5.41, 5.74) is -5.03. The van der Waals surface area contributed by atoms with Gasteiger partial charge in [0.25, 0.3) is 0 Å². The number of halogens is 6. The fourth-order valence-corrected chi connectivity index (χ4v) is 4.59. The summed E-state index contributed by atoms with van der Waals surface area (Å²) in [6, 6.07) is 5.44. The van der Waals surface area contributed by atoms with Crippen LogP contribution in [0.4, 0.5) is 22.0 Å². The minimum Gasteiger partial charge on any atom is -0.474 e. The van der Waals surface area contributed by atoms with E-state index in [9.17, 15) is 35.2 Å². The Morgan fingerprint density at radius 2 is 1.93 bits per heavy atom. The molecule has 1 saturated carbocycles. The van der Waals surface area contributed by atoms with Crippen LogP contribution in [0.2, 0.25) is 5.02 Å². The second kappa shape index (κ2) is 11.2. The Balaban J connectivity index is 1.35. The van der Waals surface area contributed by atoms with Gasteiger partial charge in [-0.2, -0.15) is 26.6 Å². The molecule has 0 unspecified atom stereocenters. The predicted molar refractivity (Wildman–Crippen MR) is 128 cm³/mol. The number of nitrogens with zero attached hydrogens (tertiary/aromatic N) is 3. The highest BCUT2D eigenvalue weighted by Crippen LogP contribution is 2.37. The summed E-state index contributed by atoms with van der Waals surface area (Å²) in [6.45, 7) is 1.27. The van der Waals surface area contributed by atoms with E-state index >= 15 is 0 Å². The molecule has 1 aliphatic rings. The quantitative estimate of drug-likeness (QED) is 0.207. The third-order valence-corrected chi connectivity index (χ3v) is 7.02. The fraction of sp³-hybridized carbons (Fsp3) is 0.391. The van der Waals surface area contributed by atoms with Gasteiger partial charge in [-0.25, -0.2) is 13.8 Å². The Morgan fingerprint density at radius 3 is 2.52 bits per heavy atom. The molecule has 2 aromatic heterocycles. The third-order valence-electron chi connectivity index (χ3n) is 5.79. The van der Waals surface area contributed by atoms with Gasteiger partial charge < -0.3 is 18.8 Å². The average molecular weight is 611 g/mol. The molecule has 1 aliphatic carbocycles. The highest BCUT2D eigenvalue weighted by Gasteiger charge is 2.49. The highest BCUT2D eigenvalue weighted by molar-refractivity contribution is 7.88. The molecule has 3 aromatic rings. The first-order chi connectivity index (χ1) is 18.6. The zero-order chi connectivity index (χ0) is 29.3. The minimum absolute atomic E-state index is 0.0180. The number of amides is 1. The molecular formula is C23H20ClF5N4O6S. The molecule has 40 heavy (non-hydrogen) atoms. The van der Waals surface area contributed by atoms with Crippen molar-refractivity contribution in [3.05, 3.63) is 52.5 Å². The zero-order valence-corrected chi connectivity index (χ0v) is 22.0. The maximum absolute atomic E-state index is 13.3. The molecule has 4 rings (SSSR count). The van der Waals surface area contributed by atoms with Gasteiger partial charge in [-0.1, -0.05) is 22.8 Å². The number of benzene rings is 1. The molecule has 1 N–H and O–H groups in total. The van der Waals surface area contributed by atoms with E-state index in [0.717, 1.165) is 6.07 Å². The number of aryl methyl sites for hydroxylation is 1. The first kappa shape index (κ1) is 29.5. The van der Waals surface area contributed by atoms with Crippen molar-refractivity contribution in [2.45, 2.75) is 56.7 Å². The lowest BCUT2D eigenvalue weighted by Gasteiger charge is -2.28. The third kappa shape index (κ3) is 6.96. The molecule has 1 amide bonds. The molecule has 17 heteroatoms. The van der Waals surface area contributed by atoms with E-state index in [4.69, 9.17) is 20.9 Å². The average Bonchev–Trinajstić information content (AvgIpc) is 3.37. The van der Waals surface area contributed by atoms with Crippen LogP contribution in [-0.4, -0.2) is 47.0 Å². The van der Waals surface area contributed by atoms with Crippen molar-refractivity contribution in [3.63, 3.8) is 0 Å². The fourth-order valence-electron chi connectivity index (χ4n) is 3.70. The van der Waals surface area contributed by atoms with Crippen LogP contribution in [0, 0.1) is 6.92 Å². The molecule has 0 aliphatic heterocycles. The number of carbonyl (C=O) groups is 1. The lowest BCUT2D eigenvalue weighted by molar-refractivity contribution is -0.0588. The van der Waals surface area contributed by atoms with Crippen LogP contribution in [-0.2, 0) is 16.7 Å². The van der Waals surface area contributed by atoms with Crippen LogP contribution in [0.15, 0.2) is 35.0 Å². The van der Waals surface area contributed by atoms with E-state index in [-0.39, 0.29) is 61.2 Å². The molecule has 10 nitrogen and oxygen atoms in total. The topological polar surface area (TPSA) is 134 Å². The van der Waals surface area contributed by atoms with Crippen molar-refractivity contribution in [2.75, 3.05) is 0 Å². The molecule has 2 heterocycles. The summed E-state index contributed by atoms with van der Waals surface area (Å²) in [5.74, 6) is -4.45. The lowest BCUT2D eigenvalue weighted by Crippen LogP contribution is -2.30. The predicted octanol–water partition coefficient (Wildman–Crippen LogP) is 5.21. The van der Waals surface area contributed by atoms with E-state index in [0.29, 0.717) is 5.56 Å². The maximum Gasteiger partial charge on any atom is 0.534 e. The van der Waals surface area contributed by atoms with Gasteiger partial charge in [0.05, 0.1) is 5.02 Å². The van der Waals surface area contributed by atoms with Crippen molar-refractivity contribution in [1.82, 2.24) is 20.4 Å². The van der Waals surface area contributed by atoms with Crippen LogP contribution in [0.3, 0.4) is 0 Å². The first-order valence-electron chi connectivity index (χ1n) is 11.6. The van der Waals surface area contributed by atoms with Crippen LogP contribution >= 0.6 is 11.6 Å². The molecular weight excluding hydrogens is 591 g/mol. The molecule has 1 fully saturated rings. The number of hydrogen-bond donors (Lipinski definition) is 1. The smallest absolute Gasteiger partial charge is 0.474 e. The Bertz CT molecular complexity index is 1470. The van der Waals surface area contributed by atoms with Crippen LogP contribution in [0.25, 0.3) is 11.4 Å². The molecule has 0 saturated heterocycles. The molecule has 0 spiro atoms. The highest BCUT2D eigenvalue weighted by atomic mass is 35.5. The number of rotatable bonds is 8. The SMILES string of the molecule is Cc1cc(-c2noc(C(=O)NCc3ccc(OC4CCC(F)(F)CC4)nc3)n2)cc(Cl)c1OS(=O)(=O)C(F)(F)F. The van der Waals surface area contributed by atoms with Crippen molar-refractivity contribution < 1.29 is 48.6 Å². The number of alkyl halides is 5. The molecule has 0 atom stereocenters. The number of nitrogens with one attached hydrogen (secondary N) is 1. The number of aromatic nitrogens is 3. The second-order valence-corrected chi connectivity index (χ2v) is 10.8. The molecule has 1 aromatic carbocycles. The van der Waals surface area contributed by atoms with E-state index in [2.05, 4.69) is 24.6 Å². The van der Waals surface area contributed by atoms with Gasteiger partial charge in [0.15, 0.2) is 5.75 Å². The van der Waals surface area contributed by atoms with E-state index < -0.39 is 44.1 Å². The minimum atomic E-state index is -5.95. The zero-order valence-electron chi connectivity index (χ0n) is 20.5. The van der Waals surface area contributed by atoms with Gasteiger partial charge >= 0.3 is 27.4 Å². The number of carbonyl (C=O) groups excluding carboxylic acids is 1. The summed E-state index contributed by atoms with van der Waals surface area (Å²) < 4.78 is 102. The van der Waals surface area contributed by atoms with E-state index in [1.54, 1.807) is 12.1 Å². The Morgan fingerprint density at radius 1 is 1.23 bits per heavy atom. The van der Waals surface area contributed by atoms with E-state index in [1.165, 1.54) is 19.2 Å². The van der Waals surface area contributed by atoms with Gasteiger partial charge in [-0.15, -0.1) is 0 Å². The van der Waals surface area contributed by atoms with Gasteiger partial charge in [0.2, 0.25) is 17.6 Å². The van der Waals surface area contributed by atoms with Crippen molar-refractivity contribution in [3.8, 4) is 23.0 Å². The number of pyridine rings is 1. The Hall–Kier alpha value is -3.53. The summed E-state index contributed by atoms with van der Waals surface area (Å²) in [6.07, 6.45) is 1.07. The Labute approximate surface area is 228 Å². The van der Waals surface area contributed by atoms with Gasteiger partial charge in [-0.3, -0.25) is 4.79 Å². The van der Waals surface area contributed by atoms with Crippen LogP contribution < -0.4 is 14.2 Å². The van der Waals surface area contributed by atoms with Crippen molar-refractivity contribution >= 4 is 27.6 Å². The van der Waals surface area contributed by atoms with E-state index in [1.807, 2.05) is 0 Å². The van der Waals surface area contributed by atoms with Gasteiger partial charge in [0, 0.05) is 37.2 Å².